The largest absolute Gasteiger partial charge is 0.378 e. The van der Waals surface area contributed by atoms with Crippen LogP contribution >= 0.6 is 0 Å². The molecule has 0 amide bonds. The highest BCUT2D eigenvalue weighted by atomic mass is 16.5. The molecule has 41 valence electrons. The van der Waals surface area contributed by atoms with Crippen LogP contribution in [0.3, 0.4) is 0 Å². The van der Waals surface area contributed by atoms with Gasteiger partial charge in [0, 0.05) is 6.61 Å². The first-order chi connectivity index (χ1) is 3.30. The fraction of sp³-hybridized carbons (Fsp3) is 0.833. The lowest BCUT2D eigenvalue weighted by atomic mass is 10.1. The summed E-state index contributed by atoms with van der Waals surface area (Å²) in [6, 6.07) is 0. The van der Waals surface area contributed by atoms with E-state index in [0.717, 1.165) is 13.0 Å². The standard InChI is InChI=1S/C6H11O/c1-5-3-4-7-6(5)2/h5-6H,1,3-4H2,2H3. The second kappa shape index (κ2) is 1.83. The second-order valence-corrected chi connectivity index (χ2v) is 2.12. The van der Waals surface area contributed by atoms with Crippen molar-refractivity contribution in [1.82, 2.24) is 0 Å². The summed E-state index contributed by atoms with van der Waals surface area (Å²) in [6.07, 6.45) is 1.54. The highest BCUT2D eigenvalue weighted by Crippen LogP contribution is 2.17. The molecule has 1 aliphatic rings. The van der Waals surface area contributed by atoms with Crippen LogP contribution in [0.25, 0.3) is 0 Å². The molecule has 7 heavy (non-hydrogen) atoms. The van der Waals surface area contributed by atoms with Gasteiger partial charge in [0.15, 0.2) is 0 Å². The van der Waals surface area contributed by atoms with Crippen molar-refractivity contribution < 1.29 is 4.74 Å². The molecule has 1 aliphatic heterocycles. The van der Waals surface area contributed by atoms with Gasteiger partial charge in [0.25, 0.3) is 0 Å². The van der Waals surface area contributed by atoms with Crippen molar-refractivity contribution in [3.63, 3.8) is 0 Å². The summed E-state index contributed by atoms with van der Waals surface area (Å²) in [6.45, 7) is 6.88. The molecule has 1 fully saturated rings. The Morgan fingerprint density at radius 3 is 2.57 bits per heavy atom. The van der Waals surface area contributed by atoms with Gasteiger partial charge in [0.1, 0.15) is 0 Å². The van der Waals surface area contributed by atoms with Crippen LogP contribution in [0.15, 0.2) is 0 Å². The molecule has 2 unspecified atom stereocenters. The van der Waals surface area contributed by atoms with Gasteiger partial charge in [-0.25, -0.2) is 0 Å². The van der Waals surface area contributed by atoms with Crippen molar-refractivity contribution >= 4 is 0 Å². The van der Waals surface area contributed by atoms with Crippen molar-refractivity contribution in [3.05, 3.63) is 6.92 Å². The lowest BCUT2D eigenvalue weighted by Gasteiger charge is -2.04. The zero-order valence-corrected chi connectivity index (χ0v) is 4.68. The van der Waals surface area contributed by atoms with E-state index in [1.54, 1.807) is 0 Å². The van der Waals surface area contributed by atoms with E-state index in [-0.39, 0.29) is 0 Å². The van der Waals surface area contributed by atoms with Crippen molar-refractivity contribution in [2.24, 2.45) is 5.92 Å². The van der Waals surface area contributed by atoms with Crippen LogP contribution in [0.4, 0.5) is 0 Å². The predicted octanol–water partition coefficient (Wildman–Crippen LogP) is 1.25. The van der Waals surface area contributed by atoms with Gasteiger partial charge in [-0.1, -0.05) is 0 Å². The molecule has 1 heteroatoms. The monoisotopic (exact) mass is 99.1 g/mol. The maximum atomic E-state index is 5.20. The molecule has 0 aromatic heterocycles. The topological polar surface area (TPSA) is 9.23 Å². The SMILES string of the molecule is [CH2]C1CCOC1C. The van der Waals surface area contributed by atoms with Crippen molar-refractivity contribution in [2.75, 3.05) is 6.61 Å². The lowest BCUT2D eigenvalue weighted by molar-refractivity contribution is 0.114. The normalized spacial score (nSPS) is 42.0. The molecule has 0 spiro atoms. The van der Waals surface area contributed by atoms with E-state index < -0.39 is 0 Å². The van der Waals surface area contributed by atoms with E-state index in [0.29, 0.717) is 12.0 Å². The summed E-state index contributed by atoms with van der Waals surface area (Å²) in [5.41, 5.74) is 0. The highest BCUT2D eigenvalue weighted by molar-refractivity contribution is 4.73. The molecule has 0 saturated carbocycles. The van der Waals surface area contributed by atoms with Crippen molar-refractivity contribution in [3.8, 4) is 0 Å². The molecular weight excluding hydrogens is 88.1 g/mol. The Hall–Kier alpha value is -0.0400. The lowest BCUT2D eigenvalue weighted by Crippen LogP contribution is -2.06. The molecule has 0 aromatic carbocycles. The van der Waals surface area contributed by atoms with Crippen LogP contribution in [-0.4, -0.2) is 12.7 Å². The molecule has 1 nitrogen and oxygen atoms in total. The zero-order chi connectivity index (χ0) is 5.28. The molecule has 1 saturated heterocycles. The molecule has 0 N–H and O–H groups in total. The van der Waals surface area contributed by atoms with Crippen LogP contribution in [0, 0.1) is 12.8 Å². The average molecular weight is 99.2 g/mol. The Bertz CT molecular complexity index is 53.2. The van der Waals surface area contributed by atoms with Crippen LogP contribution < -0.4 is 0 Å². The third kappa shape index (κ3) is 0.942. The fourth-order valence-corrected chi connectivity index (χ4v) is 0.776. The van der Waals surface area contributed by atoms with Gasteiger partial charge < -0.3 is 4.74 Å². The maximum absolute atomic E-state index is 5.20. The first-order valence-corrected chi connectivity index (χ1v) is 2.75. The summed E-state index contributed by atoms with van der Waals surface area (Å²) in [5.74, 6) is 0.542. The van der Waals surface area contributed by atoms with E-state index >= 15 is 0 Å². The summed E-state index contributed by atoms with van der Waals surface area (Å²) >= 11 is 0. The van der Waals surface area contributed by atoms with E-state index in [9.17, 15) is 0 Å². The van der Waals surface area contributed by atoms with Crippen molar-refractivity contribution in [2.45, 2.75) is 19.4 Å². The van der Waals surface area contributed by atoms with Gasteiger partial charge in [0.05, 0.1) is 6.10 Å². The first-order valence-electron chi connectivity index (χ1n) is 2.75. The van der Waals surface area contributed by atoms with Crippen LogP contribution in [0.5, 0.6) is 0 Å². The summed E-state index contributed by atoms with van der Waals surface area (Å²) in [5, 5.41) is 0. The molecule has 2 atom stereocenters. The van der Waals surface area contributed by atoms with Gasteiger partial charge in [-0.05, 0) is 26.2 Å². The van der Waals surface area contributed by atoms with Gasteiger partial charge in [0.2, 0.25) is 0 Å². The predicted molar refractivity (Wildman–Crippen MR) is 28.9 cm³/mol. The molecule has 1 radical (unpaired) electrons. The van der Waals surface area contributed by atoms with Gasteiger partial charge in [-0.15, -0.1) is 0 Å². The summed E-state index contributed by atoms with van der Waals surface area (Å²) < 4.78 is 5.20. The smallest absolute Gasteiger partial charge is 0.0576 e. The number of rotatable bonds is 0. The maximum Gasteiger partial charge on any atom is 0.0576 e. The highest BCUT2D eigenvalue weighted by Gasteiger charge is 2.18. The molecule has 0 aromatic rings. The fourth-order valence-electron chi connectivity index (χ4n) is 0.776. The van der Waals surface area contributed by atoms with E-state index in [1.165, 1.54) is 0 Å². The quantitative estimate of drug-likeness (QED) is 0.444. The molecular formula is C6H11O. The van der Waals surface area contributed by atoms with Crippen LogP contribution in [0.2, 0.25) is 0 Å². The minimum atomic E-state index is 0.403. The van der Waals surface area contributed by atoms with Crippen LogP contribution in [-0.2, 0) is 4.74 Å². The molecule has 0 bridgehead atoms. The van der Waals surface area contributed by atoms with Gasteiger partial charge in [-0.2, -0.15) is 0 Å². The Labute approximate surface area is 44.7 Å². The third-order valence-electron chi connectivity index (χ3n) is 1.53. The third-order valence-corrected chi connectivity index (χ3v) is 1.53. The molecule has 0 aliphatic carbocycles. The molecule has 1 rings (SSSR count). The first kappa shape index (κ1) is 5.10. The number of hydrogen-bond acceptors (Lipinski definition) is 1. The summed E-state index contributed by atoms with van der Waals surface area (Å²) in [4.78, 5) is 0. The Morgan fingerprint density at radius 2 is 2.43 bits per heavy atom. The Morgan fingerprint density at radius 1 is 1.71 bits per heavy atom. The van der Waals surface area contributed by atoms with Crippen molar-refractivity contribution in [1.29, 1.82) is 0 Å². The van der Waals surface area contributed by atoms with E-state index in [1.807, 2.05) is 0 Å². The molecule has 1 heterocycles. The minimum Gasteiger partial charge on any atom is -0.378 e. The number of ether oxygens (including phenoxy) is 1. The van der Waals surface area contributed by atoms with Gasteiger partial charge >= 0.3 is 0 Å². The Balaban J connectivity index is 2.33. The zero-order valence-electron chi connectivity index (χ0n) is 4.68. The second-order valence-electron chi connectivity index (χ2n) is 2.12. The minimum absolute atomic E-state index is 0.403. The Kier molecular flexibility index (Phi) is 1.33. The average Bonchev–Trinajstić information content (AvgIpc) is 1.91. The van der Waals surface area contributed by atoms with E-state index in [4.69, 9.17) is 4.74 Å². The van der Waals surface area contributed by atoms with Gasteiger partial charge in [-0.3, -0.25) is 0 Å². The van der Waals surface area contributed by atoms with E-state index in [2.05, 4.69) is 13.8 Å². The van der Waals surface area contributed by atoms with Crippen LogP contribution in [0.1, 0.15) is 13.3 Å². The summed E-state index contributed by atoms with van der Waals surface area (Å²) in [7, 11) is 0. The number of hydrogen-bond donors (Lipinski definition) is 0.